The molecule has 2 aromatic rings. The lowest BCUT2D eigenvalue weighted by Crippen LogP contribution is -2.68. The van der Waals surface area contributed by atoms with Crippen molar-refractivity contribution in [1.29, 1.82) is 0 Å². The number of amides is 1. The standard InChI is InChI=1S/C17H18N4O4S/c1-17(2)12(16(23)24)21-14(22)11(15(21)26-17)20-13-9-5-4-8(25-3)6-10(9)18-7-19-13/h4-7,11-12,15H,1-3H3,(H,23,24)(H,18,19,20). The smallest absolute Gasteiger partial charge is 0.327 e. The Morgan fingerprint density at radius 3 is 2.85 bits per heavy atom. The van der Waals surface area contributed by atoms with Gasteiger partial charge < -0.3 is 20.1 Å². The van der Waals surface area contributed by atoms with Crippen molar-refractivity contribution in [3.05, 3.63) is 24.5 Å². The van der Waals surface area contributed by atoms with Gasteiger partial charge in [-0.05, 0) is 26.0 Å². The molecule has 0 radical (unpaired) electrons. The molecule has 1 amide bonds. The highest BCUT2D eigenvalue weighted by atomic mass is 32.2. The molecule has 1 aromatic heterocycles. The van der Waals surface area contributed by atoms with E-state index in [9.17, 15) is 14.7 Å². The van der Waals surface area contributed by atoms with Crippen molar-refractivity contribution in [2.75, 3.05) is 12.4 Å². The van der Waals surface area contributed by atoms with Gasteiger partial charge in [-0.1, -0.05) is 0 Å². The fourth-order valence-electron chi connectivity index (χ4n) is 3.57. The monoisotopic (exact) mass is 374 g/mol. The lowest BCUT2D eigenvalue weighted by atomic mass is 9.96. The molecule has 8 nitrogen and oxygen atoms in total. The second kappa shape index (κ2) is 5.73. The van der Waals surface area contributed by atoms with Crippen LogP contribution in [0.4, 0.5) is 5.82 Å². The summed E-state index contributed by atoms with van der Waals surface area (Å²) in [5.41, 5.74) is 0.702. The summed E-state index contributed by atoms with van der Waals surface area (Å²) in [5.74, 6) is 0.0374. The number of aromatic nitrogens is 2. The second-order valence-corrected chi connectivity index (χ2v) is 8.60. The predicted molar refractivity (Wildman–Crippen MR) is 97.2 cm³/mol. The van der Waals surface area contributed by atoms with Gasteiger partial charge in [-0.15, -0.1) is 11.8 Å². The molecule has 1 aromatic carbocycles. The summed E-state index contributed by atoms with van der Waals surface area (Å²) in [7, 11) is 1.58. The van der Waals surface area contributed by atoms with E-state index in [1.807, 2.05) is 19.9 Å². The van der Waals surface area contributed by atoms with E-state index in [4.69, 9.17) is 4.74 Å². The molecule has 4 rings (SSSR count). The van der Waals surface area contributed by atoms with Gasteiger partial charge >= 0.3 is 5.97 Å². The molecule has 9 heteroatoms. The molecule has 0 spiro atoms. The van der Waals surface area contributed by atoms with Crippen LogP contribution in [0, 0.1) is 0 Å². The van der Waals surface area contributed by atoms with E-state index in [2.05, 4.69) is 15.3 Å². The number of aliphatic carboxylic acids is 1. The number of hydrogen-bond donors (Lipinski definition) is 2. The van der Waals surface area contributed by atoms with Crippen molar-refractivity contribution in [3.63, 3.8) is 0 Å². The Hall–Kier alpha value is -2.55. The highest BCUT2D eigenvalue weighted by Gasteiger charge is 2.64. The molecule has 2 aliphatic rings. The molecule has 2 N–H and O–H groups in total. The van der Waals surface area contributed by atoms with Gasteiger partial charge in [-0.3, -0.25) is 4.79 Å². The van der Waals surface area contributed by atoms with Crippen LogP contribution in [0.3, 0.4) is 0 Å². The molecule has 0 aliphatic carbocycles. The van der Waals surface area contributed by atoms with Crippen molar-refractivity contribution in [3.8, 4) is 5.75 Å². The van der Waals surface area contributed by atoms with Crippen LogP contribution >= 0.6 is 11.8 Å². The highest BCUT2D eigenvalue weighted by molar-refractivity contribution is 8.01. The number of carbonyl (C=O) groups is 2. The normalized spacial score (nSPS) is 26.3. The molecule has 3 unspecified atom stereocenters. The van der Waals surface area contributed by atoms with Crippen molar-refractivity contribution >= 4 is 40.4 Å². The van der Waals surface area contributed by atoms with Gasteiger partial charge in [0.2, 0.25) is 5.91 Å². The van der Waals surface area contributed by atoms with Crippen molar-refractivity contribution in [1.82, 2.24) is 14.9 Å². The first-order chi connectivity index (χ1) is 12.3. The largest absolute Gasteiger partial charge is 0.497 e. The summed E-state index contributed by atoms with van der Waals surface area (Å²) in [5, 5.41) is 13.2. The molecule has 3 heterocycles. The number of carboxylic acids is 1. The molecule has 2 fully saturated rings. The van der Waals surface area contributed by atoms with Crippen LogP contribution in [0.25, 0.3) is 10.9 Å². The summed E-state index contributed by atoms with van der Waals surface area (Å²) >= 11 is 1.49. The summed E-state index contributed by atoms with van der Waals surface area (Å²) in [6.45, 7) is 3.71. The van der Waals surface area contributed by atoms with E-state index in [1.54, 1.807) is 19.2 Å². The van der Waals surface area contributed by atoms with Crippen LogP contribution in [0.2, 0.25) is 0 Å². The van der Waals surface area contributed by atoms with Gasteiger partial charge in [0.25, 0.3) is 0 Å². The Bertz CT molecular complexity index is 919. The van der Waals surface area contributed by atoms with Gasteiger partial charge in [-0.25, -0.2) is 14.8 Å². The average Bonchev–Trinajstić information content (AvgIpc) is 2.87. The van der Waals surface area contributed by atoms with Crippen LogP contribution in [0.15, 0.2) is 24.5 Å². The van der Waals surface area contributed by atoms with Gasteiger partial charge in [0.05, 0.1) is 12.6 Å². The zero-order valence-electron chi connectivity index (χ0n) is 14.5. The Morgan fingerprint density at radius 2 is 2.15 bits per heavy atom. The van der Waals surface area contributed by atoms with Gasteiger partial charge in [-0.2, -0.15) is 0 Å². The number of methoxy groups -OCH3 is 1. The number of nitrogens with zero attached hydrogens (tertiary/aromatic N) is 3. The lowest BCUT2D eigenvalue weighted by Gasteiger charge is -2.43. The third-order valence-corrected chi connectivity index (χ3v) is 6.38. The number of fused-ring (bicyclic) bond motifs is 2. The van der Waals surface area contributed by atoms with E-state index in [1.165, 1.54) is 23.0 Å². The number of β-lactam (4-membered cyclic amide) rings is 1. The quantitative estimate of drug-likeness (QED) is 0.777. The number of rotatable bonds is 4. The number of carboxylic acid groups (broad SMARTS) is 1. The van der Waals surface area contributed by atoms with Crippen LogP contribution in [0.5, 0.6) is 5.75 Å². The number of benzene rings is 1. The number of ether oxygens (including phenoxy) is 1. The first kappa shape index (κ1) is 16.9. The first-order valence-corrected chi connectivity index (χ1v) is 8.99. The number of nitrogens with one attached hydrogen (secondary N) is 1. The van der Waals surface area contributed by atoms with Crippen LogP contribution in [-0.4, -0.2) is 61.2 Å². The molecule has 136 valence electrons. The zero-order chi connectivity index (χ0) is 18.6. The zero-order valence-corrected chi connectivity index (χ0v) is 15.3. The number of hydrogen-bond acceptors (Lipinski definition) is 7. The summed E-state index contributed by atoms with van der Waals surface area (Å²) in [6.07, 6.45) is 1.43. The third kappa shape index (κ3) is 2.38. The molecule has 0 bridgehead atoms. The Balaban J connectivity index is 1.63. The fourth-order valence-corrected chi connectivity index (χ4v) is 5.20. The minimum Gasteiger partial charge on any atom is -0.497 e. The van der Waals surface area contributed by atoms with Gasteiger partial charge in [0.15, 0.2) is 0 Å². The fraction of sp³-hybridized carbons (Fsp3) is 0.412. The lowest BCUT2D eigenvalue weighted by molar-refractivity contribution is -0.158. The van der Waals surface area contributed by atoms with Crippen LogP contribution < -0.4 is 10.1 Å². The van der Waals surface area contributed by atoms with E-state index in [0.29, 0.717) is 17.1 Å². The van der Waals surface area contributed by atoms with Gasteiger partial charge in [0.1, 0.15) is 35.4 Å². The Morgan fingerprint density at radius 1 is 1.38 bits per heavy atom. The number of thioether (sulfide) groups is 1. The van der Waals surface area contributed by atoms with E-state index in [-0.39, 0.29) is 11.3 Å². The summed E-state index contributed by atoms with van der Waals surface area (Å²) in [4.78, 5) is 34.2. The van der Waals surface area contributed by atoms with Crippen LogP contribution in [0.1, 0.15) is 13.8 Å². The van der Waals surface area contributed by atoms with Crippen molar-refractivity contribution in [2.45, 2.75) is 36.1 Å². The Labute approximate surface area is 153 Å². The maximum atomic E-state index is 12.6. The minimum absolute atomic E-state index is 0.222. The first-order valence-electron chi connectivity index (χ1n) is 8.11. The van der Waals surface area contributed by atoms with Crippen molar-refractivity contribution < 1.29 is 19.4 Å². The Kier molecular flexibility index (Phi) is 3.72. The second-order valence-electron chi connectivity index (χ2n) is 6.83. The third-order valence-electron chi connectivity index (χ3n) is 4.81. The molecule has 3 atom stereocenters. The molecule has 2 aliphatic heterocycles. The predicted octanol–water partition coefficient (Wildman–Crippen LogP) is 1.57. The molecule has 0 saturated carbocycles. The topological polar surface area (TPSA) is 105 Å². The van der Waals surface area contributed by atoms with Crippen molar-refractivity contribution in [2.24, 2.45) is 0 Å². The maximum absolute atomic E-state index is 12.6. The molecule has 2 saturated heterocycles. The van der Waals surface area contributed by atoms with Crippen LogP contribution in [-0.2, 0) is 9.59 Å². The summed E-state index contributed by atoms with van der Waals surface area (Å²) in [6, 6.07) is 4.10. The van der Waals surface area contributed by atoms with E-state index in [0.717, 1.165) is 5.39 Å². The maximum Gasteiger partial charge on any atom is 0.327 e. The van der Waals surface area contributed by atoms with E-state index >= 15 is 0 Å². The minimum atomic E-state index is -0.976. The number of carbonyl (C=O) groups excluding carboxylic acids is 1. The molecular formula is C17H18N4O4S. The highest BCUT2D eigenvalue weighted by Crippen LogP contribution is 2.51. The van der Waals surface area contributed by atoms with E-state index < -0.39 is 22.8 Å². The molecule has 26 heavy (non-hydrogen) atoms. The summed E-state index contributed by atoms with van der Waals surface area (Å²) < 4.78 is 4.65. The SMILES string of the molecule is COc1ccc2c(NC3C(=O)N4C3SC(C)(C)C4C(=O)O)ncnc2c1. The number of anilines is 1. The van der Waals surface area contributed by atoms with Gasteiger partial charge in [0, 0.05) is 16.2 Å². The average molecular weight is 374 g/mol. The molecular weight excluding hydrogens is 356 g/mol.